The van der Waals surface area contributed by atoms with Gasteiger partial charge in [0.05, 0.1) is 0 Å². The third-order valence-corrected chi connectivity index (χ3v) is 4.12. The van der Waals surface area contributed by atoms with Gasteiger partial charge in [0, 0.05) is 6.04 Å². The standard InChI is InChI=1S/C12H21NO2/c1-2-7-12(11(14)15)8-4-9-13(12)10-5-3-6-10/h10H,2-9H2,1H3,(H,14,15). The van der Waals surface area contributed by atoms with E-state index in [1.165, 1.54) is 19.3 Å². The summed E-state index contributed by atoms with van der Waals surface area (Å²) in [5.41, 5.74) is -0.514. The highest BCUT2D eigenvalue weighted by Crippen LogP contribution is 2.40. The van der Waals surface area contributed by atoms with Crippen LogP contribution in [0.1, 0.15) is 51.9 Å². The number of likely N-dealkylation sites (tertiary alicyclic amines) is 1. The minimum absolute atomic E-state index is 0.514. The van der Waals surface area contributed by atoms with Crippen molar-refractivity contribution in [2.75, 3.05) is 6.54 Å². The second-order valence-corrected chi connectivity index (χ2v) is 4.97. The number of aliphatic carboxylic acids is 1. The Balaban J connectivity index is 2.16. The molecular weight excluding hydrogens is 190 g/mol. The lowest BCUT2D eigenvalue weighted by Crippen LogP contribution is -2.56. The zero-order valence-electron chi connectivity index (χ0n) is 9.54. The number of carboxylic acid groups (broad SMARTS) is 1. The van der Waals surface area contributed by atoms with Gasteiger partial charge in [0.15, 0.2) is 0 Å². The van der Waals surface area contributed by atoms with Crippen LogP contribution in [0.5, 0.6) is 0 Å². The fourth-order valence-electron chi connectivity index (χ4n) is 3.15. The molecule has 0 radical (unpaired) electrons. The van der Waals surface area contributed by atoms with Crippen LogP contribution in [-0.2, 0) is 4.79 Å². The maximum Gasteiger partial charge on any atom is 0.324 e. The molecule has 1 aliphatic heterocycles. The van der Waals surface area contributed by atoms with E-state index in [-0.39, 0.29) is 0 Å². The van der Waals surface area contributed by atoms with Crippen molar-refractivity contribution >= 4 is 5.97 Å². The quantitative estimate of drug-likeness (QED) is 0.775. The van der Waals surface area contributed by atoms with E-state index in [1.54, 1.807) is 0 Å². The highest BCUT2D eigenvalue weighted by atomic mass is 16.4. The van der Waals surface area contributed by atoms with Gasteiger partial charge >= 0.3 is 5.97 Å². The van der Waals surface area contributed by atoms with E-state index in [4.69, 9.17) is 0 Å². The number of nitrogens with zero attached hydrogens (tertiary/aromatic N) is 1. The van der Waals surface area contributed by atoms with Crippen molar-refractivity contribution in [2.24, 2.45) is 0 Å². The van der Waals surface area contributed by atoms with Gasteiger partial charge in [0.1, 0.15) is 5.54 Å². The van der Waals surface area contributed by atoms with Crippen LogP contribution in [0, 0.1) is 0 Å². The molecule has 1 atom stereocenters. The summed E-state index contributed by atoms with van der Waals surface area (Å²) in [7, 11) is 0. The smallest absolute Gasteiger partial charge is 0.324 e. The van der Waals surface area contributed by atoms with Crippen LogP contribution in [0.3, 0.4) is 0 Å². The first-order chi connectivity index (χ1) is 7.20. The summed E-state index contributed by atoms with van der Waals surface area (Å²) in [5, 5.41) is 9.49. The summed E-state index contributed by atoms with van der Waals surface area (Å²) in [5.74, 6) is -0.589. The predicted octanol–water partition coefficient (Wildman–Crippen LogP) is 2.26. The minimum atomic E-state index is -0.589. The normalized spacial score (nSPS) is 32.9. The maximum atomic E-state index is 11.5. The molecule has 3 nitrogen and oxygen atoms in total. The highest BCUT2D eigenvalue weighted by Gasteiger charge is 2.50. The van der Waals surface area contributed by atoms with Crippen LogP contribution in [0.4, 0.5) is 0 Å². The summed E-state index contributed by atoms with van der Waals surface area (Å²) in [6.07, 6.45) is 7.39. The highest BCUT2D eigenvalue weighted by molar-refractivity contribution is 5.79. The molecular formula is C12H21NO2. The first-order valence-electron chi connectivity index (χ1n) is 6.21. The van der Waals surface area contributed by atoms with Crippen molar-refractivity contribution in [1.82, 2.24) is 4.90 Å². The van der Waals surface area contributed by atoms with Gasteiger partial charge in [-0.3, -0.25) is 9.69 Å². The molecule has 0 bridgehead atoms. The number of carbonyl (C=O) groups is 1. The third kappa shape index (κ3) is 1.67. The van der Waals surface area contributed by atoms with Crippen molar-refractivity contribution in [1.29, 1.82) is 0 Å². The third-order valence-electron chi connectivity index (χ3n) is 4.12. The van der Waals surface area contributed by atoms with Crippen molar-refractivity contribution in [3.8, 4) is 0 Å². The Morgan fingerprint density at radius 2 is 2.20 bits per heavy atom. The zero-order valence-corrected chi connectivity index (χ0v) is 9.54. The van der Waals surface area contributed by atoms with E-state index in [9.17, 15) is 9.90 Å². The number of hydrogen-bond acceptors (Lipinski definition) is 2. The van der Waals surface area contributed by atoms with Crippen molar-refractivity contribution in [3.05, 3.63) is 0 Å². The molecule has 0 spiro atoms. The van der Waals surface area contributed by atoms with E-state index in [0.717, 1.165) is 32.2 Å². The molecule has 2 fully saturated rings. The number of rotatable bonds is 4. The maximum absolute atomic E-state index is 11.5. The van der Waals surface area contributed by atoms with Gasteiger partial charge in [-0.15, -0.1) is 0 Å². The second kappa shape index (κ2) is 4.12. The second-order valence-electron chi connectivity index (χ2n) is 4.97. The average Bonchev–Trinajstić information content (AvgIpc) is 2.48. The molecule has 0 aromatic carbocycles. The molecule has 3 heteroatoms. The molecule has 86 valence electrons. The predicted molar refractivity (Wildman–Crippen MR) is 58.9 cm³/mol. The Morgan fingerprint density at radius 1 is 1.47 bits per heavy atom. The molecule has 15 heavy (non-hydrogen) atoms. The molecule has 1 saturated carbocycles. The minimum Gasteiger partial charge on any atom is -0.480 e. The van der Waals surface area contributed by atoms with Gasteiger partial charge < -0.3 is 5.11 Å². The summed E-state index contributed by atoms with van der Waals surface area (Å²) in [4.78, 5) is 13.8. The number of carboxylic acids is 1. The van der Waals surface area contributed by atoms with Crippen molar-refractivity contribution in [3.63, 3.8) is 0 Å². The molecule has 0 aromatic heterocycles. The SMILES string of the molecule is CCCC1(C(=O)O)CCCN1C1CCC1. The van der Waals surface area contributed by atoms with E-state index < -0.39 is 11.5 Å². The van der Waals surface area contributed by atoms with E-state index >= 15 is 0 Å². The van der Waals surface area contributed by atoms with Crippen LogP contribution >= 0.6 is 0 Å². The van der Waals surface area contributed by atoms with Crippen LogP contribution in [0.25, 0.3) is 0 Å². The molecule has 1 saturated heterocycles. The van der Waals surface area contributed by atoms with Crippen LogP contribution < -0.4 is 0 Å². The van der Waals surface area contributed by atoms with Crippen LogP contribution in [0.15, 0.2) is 0 Å². The largest absolute Gasteiger partial charge is 0.480 e. The first-order valence-corrected chi connectivity index (χ1v) is 6.21. The Morgan fingerprint density at radius 3 is 2.67 bits per heavy atom. The zero-order chi connectivity index (χ0) is 10.9. The van der Waals surface area contributed by atoms with Crippen molar-refractivity contribution in [2.45, 2.75) is 63.5 Å². The van der Waals surface area contributed by atoms with Gasteiger partial charge in [-0.05, 0) is 38.6 Å². The summed E-state index contributed by atoms with van der Waals surface area (Å²) in [6.45, 7) is 3.08. The lowest BCUT2D eigenvalue weighted by molar-refractivity contribution is -0.153. The monoisotopic (exact) mass is 211 g/mol. The molecule has 1 heterocycles. The molecule has 0 aromatic rings. The summed E-state index contributed by atoms with van der Waals surface area (Å²) in [6, 6.07) is 0.565. The molecule has 1 unspecified atom stereocenters. The van der Waals surface area contributed by atoms with Crippen LogP contribution in [0.2, 0.25) is 0 Å². The Kier molecular flexibility index (Phi) is 3.01. The Labute approximate surface area is 91.5 Å². The van der Waals surface area contributed by atoms with Gasteiger partial charge in [0.2, 0.25) is 0 Å². The Bertz CT molecular complexity index is 250. The fraction of sp³-hybridized carbons (Fsp3) is 0.917. The number of hydrogen-bond donors (Lipinski definition) is 1. The Hall–Kier alpha value is -0.570. The fourth-order valence-corrected chi connectivity index (χ4v) is 3.15. The van der Waals surface area contributed by atoms with E-state index in [0.29, 0.717) is 6.04 Å². The lowest BCUT2D eigenvalue weighted by Gasteiger charge is -2.44. The molecule has 1 aliphatic carbocycles. The van der Waals surface area contributed by atoms with Gasteiger partial charge in [-0.1, -0.05) is 19.8 Å². The molecule has 0 amide bonds. The average molecular weight is 211 g/mol. The lowest BCUT2D eigenvalue weighted by atomic mass is 9.84. The van der Waals surface area contributed by atoms with Gasteiger partial charge in [0.25, 0.3) is 0 Å². The summed E-state index contributed by atoms with van der Waals surface area (Å²) < 4.78 is 0. The topological polar surface area (TPSA) is 40.5 Å². The summed E-state index contributed by atoms with van der Waals surface area (Å²) >= 11 is 0. The molecule has 2 aliphatic rings. The van der Waals surface area contributed by atoms with E-state index in [2.05, 4.69) is 11.8 Å². The molecule has 1 N–H and O–H groups in total. The molecule has 2 rings (SSSR count). The van der Waals surface area contributed by atoms with Gasteiger partial charge in [-0.25, -0.2) is 0 Å². The van der Waals surface area contributed by atoms with Crippen molar-refractivity contribution < 1.29 is 9.90 Å². The van der Waals surface area contributed by atoms with Gasteiger partial charge in [-0.2, -0.15) is 0 Å². The first kappa shape index (κ1) is 10.9. The van der Waals surface area contributed by atoms with E-state index in [1.807, 2.05) is 0 Å². The van der Waals surface area contributed by atoms with Crippen LogP contribution in [-0.4, -0.2) is 34.1 Å².